The van der Waals surface area contributed by atoms with E-state index in [9.17, 15) is 4.39 Å². The Kier molecular flexibility index (Phi) is 4.63. The first-order valence-corrected chi connectivity index (χ1v) is 6.55. The normalized spacial score (nSPS) is 14.1. The number of hydrogen-bond acceptors (Lipinski definition) is 2. The lowest BCUT2D eigenvalue weighted by Crippen LogP contribution is -2.30. The molecule has 0 fully saturated rings. The van der Waals surface area contributed by atoms with Gasteiger partial charge in [-0.2, -0.15) is 0 Å². The van der Waals surface area contributed by atoms with Gasteiger partial charge in [-0.05, 0) is 55.7 Å². The van der Waals surface area contributed by atoms with Gasteiger partial charge in [-0.3, -0.25) is 4.98 Å². The highest BCUT2D eigenvalue weighted by Gasteiger charge is 2.10. The fraction of sp³-hybridized carbons (Fsp3) is 0.312. The molecule has 2 nitrogen and oxygen atoms in total. The minimum atomic E-state index is -0.174. The Balaban J connectivity index is 1.92. The first kappa shape index (κ1) is 13.7. The molecule has 0 saturated carbocycles. The van der Waals surface area contributed by atoms with Gasteiger partial charge in [0, 0.05) is 24.5 Å². The summed E-state index contributed by atoms with van der Waals surface area (Å²) < 4.78 is 13.1. The molecule has 2 rings (SSSR count). The zero-order chi connectivity index (χ0) is 13.7. The molecule has 0 aliphatic rings. The molecule has 0 spiro atoms. The van der Waals surface area contributed by atoms with Crippen LogP contribution in [-0.4, -0.2) is 11.0 Å². The maximum absolute atomic E-state index is 13.1. The highest BCUT2D eigenvalue weighted by molar-refractivity contribution is 5.18. The Bertz CT molecular complexity index is 513. The summed E-state index contributed by atoms with van der Waals surface area (Å²) in [5, 5.41) is 3.51. The topological polar surface area (TPSA) is 24.9 Å². The van der Waals surface area contributed by atoms with Crippen molar-refractivity contribution in [3.63, 3.8) is 0 Å². The second-order valence-electron chi connectivity index (χ2n) is 4.90. The number of nitrogens with zero attached hydrogens (tertiary/aromatic N) is 1. The van der Waals surface area contributed by atoms with E-state index >= 15 is 0 Å². The van der Waals surface area contributed by atoms with E-state index in [1.165, 1.54) is 11.6 Å². The number of halogens is 1. The molecule has 2 atom stereocenters. The van der Waals surface area contributed by atoms with E-state index in [0.29, 0.717) is 0 Å². The van der Waals surface area contributed by atoms with E-state index in [1.54, 1.807) is 24.5 Å². The van der Waals surface area contributed by atoms with Crippen LogP contribution in [0.1, 0.15) is 31.0 Å². The number of rotatable bonds is 5. The minimum absolute atomic E-state index is 0.174. The van der Waals surface area contributed by atoms with E-state index in [0.717, 1.165) is 12.0 Å². The van der Waals surface area contributed by atoms with E-state index in [-0.39, 0.29) is 17.9 Å². The minimum Gasteiger partial charge on any atom is -0.307 e. The van der Waals surface area contributed by atoms with E-state index in [2.05, 4.69) is 24.1 Å². The van der Waals surface area contributed by atoms with Crippen molar-refractivity contribution < 1.29 is 4.39 Å². The van der Waals surface area contributed by atoms with Crippen molar-refractivity contribution in [1.29, 1.82) is 0 Å². The average Bonchev–Trinajstić information content (AvgIpc) is 2.39. The van der Waals surface area contributed by atoms with Crippen molar-refractivity contribution in [2.24, 2.45) is 0 Å². The molecular formula is C16H19FN2. The summed E-state index contributed by atoms with van der Waals surface area (Å²) in [6.07, 6.45) is 4.41. The molecule has 0 bridgehead atoms. The lowest BCUT2D eigenvalue weighted by atomic mass is 10.0. The maximum atomic E-state index is 13.1. The third kappa shape index (κ3) is 4.14. The molecule has 1 aromatic carbocycles. The molecule has 19 heavy (non-hydrogen) atoms. The molecule has 100 valence electrons. The SMILES string of the molecule is CC(Cc1cccc(F)c1)N[C@H](C)c1ccncc1. The number of hydrogen-bond donors (Lipinski definition) is 1. The van der Waals surface area contributed by atoms with Gasteiger partial charge in [0.2, 0.25) is 0 Å². The summed E-state index contributed by atoms with van der Waals surface area (Å²) in [6.45, 7) is 4.24. The second-order valence-corrected chi connectivity index (χ2v) is 4.90. The van der Waals surface area contributed by atoms with Crippen molar-refractivity contribution in [3.05, 3.63) is 65.7 Å². The van der Waals surface area contributed by atoms with Crippen molar-refractivity contribution in [3.8, 4) is 0 Å². The maximum Gasteiger partial charge on any atom is 0.123 e. The van der Waals surface area contributed by atoms with Gasteiger partial charge in [-0.1, -0.05) is 12.1 Å². The summed E-state index contributed by atoms with van der Waals surface area (Å²) >= 11 is 0. The van der Waals surface area contributed by atoms with Crippen LogP contribution >= 0.6 is 0 Å². The Labute approximate surface area is 113 Å². The molecule has 0 radical (unpaired) electrons. The molecule has 1 heterocycles. The third-order valence-corrected chi connectivity index (χ3v) is 3.17. The lowest BCUT2D eigenvalue weighted by molar-refractivity contribution is 0.476. The smallest absolute Gasteiger partial charge is 0.123 e. The zero-order valence-electron chi connectivity index (χ0n) is 11.3. The van der Waals surface area contributed by atoms with E-state index < -0.39 is 0 Å². The number of benzene rings is 1. The van der Waals surface area contributed by atoms with Crippen molar-refractivity contribution in [2.75, 3.05) is 0 Å². The molecular weight excluding hydrogens is 239 g/mol. The van der Waals surface area contributed by atoms with Crippen LogP contribution in [0.3, 0.4) is 0 Å². The van der Waals surface area contributed by atoms with Crippen LogP contribution in [0.5, 0.6) is 0 Å². The largest absolute Gasteiger partial charge is 0.307 e. The molecule has 0 saturated heterocycles. The predicted octanol–water partition coefficient (Wildman–Crippen LogP) is 3.50. The summed E-state index contributed by atoms with van der Waals surface area (Å²) in [5.41, 5.74) is 2.23. The fourth-order valence-corrected chi connectivity index (χ4v) is 2.25. The van der Waals surface area contributed by atoms with Gasteiger partial charge in [0.1, 0.15) is 5.82 Å². The molecule has 1 N–H and O–H groups in total. The Morgan fingerprint density at radius 3 is 2.58 bits per heavy atom. The van der Waals surface area contributed by atoms with Crippen LogP contribution in [0, 0.1) is 5.82 Å². The van der Waals surface area contributed by atoms with Crippen LogP contribution < -0.4 is 5.32 Å². The van der Waals surface area contributed by atoms with Gasteiger partial charge in [-0.15, -0.1) is 0 Å². The Hall–Kier alpha value is -1.74. The van der Waals surface area contributed by atoms with Gasteiger partial charge in [0.15, 0.2) is 0 Å². The second kappa shape index (κ2) is 6.43. The van der Waals surface area contributed by atoms with Crippen LogP contribution in [0.15, 0.2) is 48.8 Å². The van der Waals surface area contributed by atoms with Gasteiger partial charge >= 0.3 is 0 Å². The number of nitrogens with one attached hydrogen (secondary N) is 1. The number of aromatic nitrogens is 1. The summed E-state index contributed by atoms with van der Waals surface area (Å²) in [6, 6.07) is 11.3. The summed E-state index contributed by atoms with van der Waals surface area (Å²) in [5.74, 6) is -0.174. The Morgan fingerprint density at radius 1 is 1.16 bits per heavy atom. The molecule has 1 aromatic heterocycles. The van der Waals surface area contributed by atoms with Gasteiger partial charge < -0.3 is 5.32 Å². The Morgan fingerprint density at radius 2 is 1.89 bits per heavy atom. The van der Waals surface area contributed by atoms with Crippen molar-refractivity contribution >= 4 is 0 Å². The molecule has 0 aliphatic heterocycles. The fourth-order valence-electron chi connectivity index (χ4n) is 2.25. The zero-order valence-corrected chi connectivity index (χ0v) is 11.3. The van der Waals surface area contributed by atoms with Crippen molar-refractivity contribution in [1.82, 2.24) is 10.3 Å². The van der Waals surface area contributed by atoms with Gasteiger partial charge in [0.25, 0.3) is 0 Å². The first-order chi connectivity index (χ1) is 9.15. The average molecular weight is 258 g/mol. The molecule has 3 heteroatoms. The monoisotopic (exact) mass is 258 g/mol. The van der Waals surface area contributed by atoms with Crippen LogP contribution in [0.2, 0.25) is 0 Å². The third-order valence-electron chi connectivity index (χ3n) is 3.17. The van der Waals surface area contributed by atoms with Gasteiger partial charge in [-0.25, -0.2) is 4.39 Å². The quantitative estimate of drug-likeness (QED) is 0.887. The van der Waals surface area contributed by atoms with E-state index in [1.807, 2.05) is 18.2 Å². The molecule has 0 aliphatic carbocycles. The molecule has 1 unspecified atom stereocenters. The standard InChI is InChI=1S/C16H19FN2/c1-12(10-14-4-3-5-16(17)11-14)19-13(2)15-6-8-18-9-7-15/h3-9,11-13,19H,10H2,1-2H3/t12?,13-/m1/s1. The molecule has 2 aromatic rings. The highest BCUT2D eigenvalue weighted by atomic mass is 19.1. The van der Waals surface area contributed by atoms with E-state index in [4.69, 9.17) is 0 Å². The lowest BCUT2D eigenvalue weighted by Gasteiger charge is -2.20. The number of pyridine rings is 1. The van der Waals surface area contributed by atoms with Crippen LogP contribution in [0.25, 0.3) is 0 Å². The van der Waals surface area contributed by atoms with Crippen LogP contribution in [-0.2, 0) is 6.42 Å². The van der Waals surface area contributed by atoms with Gasteiger partial charge in [0.05, 0.1) is 0 Å². The highest BCUT2D eigenvalue weighted by Crippen LogP contribution is 2.13. The van der Waals surface area contributed by atoms with Crippen molar-refractivity contribution in [2.45, 2.75) is 32.4 Å². The van der Waals surface area contributed by atoms with Crippen LogP contribution in [0.4, 0.5) is 4.39 Å². The molecule has 0 amide bonds. The summed E-state index contributed by atoms with van der Waals surface area (Å²) in [7, 11) is 0. The predicted molar refractivity (Wildman–Crippen MR) is 75.4 cm³/mol. The first-order valence-electron chi connectivity index (χ1n) is 6.55. The summed E-state index contributed by atoms with van der Waals surface area (Å²) in [4.78, 5) is 4.01.